The van der Waals surface area contributed by atoms with E-state index in [0.717, 1.165) is 24.7 Å². The molecule has 1 atom stereocenters. The third-order valence-corrected chi connectivity index (χ3v) is 5.31. The molecule has 1 aliphatic heterocycles. The van der Waals surface area contributed by atoms with Crippen LogP contribution in [0.4, 0.5) is 0 Å². The number of nitrogens with one attached hydrogen (secondary N) is 1. The van der Waals surface area contributed by atoms with E-state index >= 15 is 0 Å². The molecule has 22 heavy (non-hydrogen) atoms. The predicted molar refractivity (Wildman–Crippen MR) is 96.0 cm³/mol. The van der Waals surface area contributed by atoms with Crippen LogP contribution in [-0.2, 0) is 0 Å². The van der Waals surface area contributed by atoms with Gasteiger partial charge in [-0.15, -0.1) is 0 Å². The van der Waals surface area contributed by atoms with Crippen LogP contribution in [0.2, 0.25) is 0 Å². The fourth-order valence-electron chi connectivity index (χ4n) is 3.63. The summed E-state index contributed by atoms with van der Waals surface area (Å²) < 4.78 is 0. The van der Waals surface area contributed by atoms with Gasteiger partial charge in [-0.2, -0.15) is 0 Å². The van der Waals surface area contributed by atoms with Crippen LogP contribution < -0.4 is 5.32 Å². The lowest BCUT2D eigenvalue weighted by Crippen LogP contribution is -2.54. The first-order chi connectivity index (χ1) is 10.7. The molecular formula is C18H27N3S. The van der Waals surface area contributed by atoms with Crippen molar-refractivity contribution in [2.24, 2.45) is 0 Å². The van der Waals surface area contributed by atoms with Crippen molar-refractivity contribution in [2.75, 3.05) is 26.7 Å². The number of thiocarbonyl (C=S) groups is 1. The Hall–Kier alpha value is -1.13. The molecule has 4 heteroatoms. The van der Waals surface area contributed by atoms with Crippen molar-refractivity contribution in [3.8, 4) is 0 Å². The molecule has 2 aliphatic rings. The highest BCUT2D eigenvalue weighted by molar-refractivity contribution is 7.80. The van der Waals surface area contributed by atoms with Gasteiger partial charge >= 0.3 is 0 Å². The molecule has 3 rings (SSSR count). The normalized spacial score (nSPS) is 24.2. The Kier molecular flexibility index (Phi) is 5.32. The Morgan fingerprint density at radius 1 is 1.09 bits per heavy atom. The van der Waals surface area contributed by atoms with Crippen molar-refractivity contribution in [3.05, 3.63) is 35.9 Å². The number of hydrogen-bond acceptors (Lipinski definition) is 2. The first kappa shape index (κ1) is 15.8. The standard InChI is InChI=1S/C18H27N3S/c1-20-12-13-21(17(14-20)15-8-4-2-5-9-15)18(22)19-16-10-6-3-7-11-16/h2,4-5,8-9,16-17H,3,6-7,10-14H2,1H3,(H,19,22)/t17-/m0/s1. The summed E-state index contributed by atoms with van der Waals surface area (Å²) in [4.78, 5) is 4.80. The van der Waals surface area contributed by atoms with E-state index < -0.39 is 0 Å². The van der Waals surface area contributed by atoms with Gasteiger partial charge in [0.1, 0.15) is 0 Å². The molecular weight excluding hydrogens is 290 g/mol. The van der Waals surface area contributed by atoms with E-state index in [1.807, 2.05) is 0 Å². The van der Waals surface area contributed by atoms with Gasteiger partial charge in [0, 0.05) is 25.7 Å². The van der Waals surface area contributed by atoms with Gasteiger partial charge in [-0.25, -0.2) is 0 Å². The second-order valence-corrected chi connectivity index (χ2v) is 7.05. The van der Waals surface area contributed by atoms with Crippen LogP contribution in [0.5, 0.6) is 0 Å². The van der Waals surface area contributed by atoms with Crippen LogP contribution in [-0.4, -0.2) is 47.6 Å². The monoisotopic (exact) mass is 317 g/mol. The molecule has 0 spiro atoms. The molecule has 0 radical (unpaired) electrons. The summed E-state index contributed by atoms with van der Waals surface area (Å²) in [5.41, 5.74) is 1.36. The number of hydrogen-bond donors (Lipinski definition) is 1. The molecule has 1 saturated carbocycles. The second kappa shape index (κ2) is 7.42. The highest BCUT2D eigenvalue weighted by atomic mass is 32.1. The van der Waals surface area contributed by atoms with E-state index in [0.29, 0.717) is 12.1 Å². The maximum atomic E-state index is 5.77. The van der Waals surface area contributed by atoms with E-state index in [9.17, 15) is 0 Å². The lowest BCUT2D eigenvalue weighted by atomic mass is 9.95. The number of likely N-dealkylation sites (N-methyl/N-ethyl adjacent to an activating group) is 1. The summed E-state index contributed by atoms with van der Waals surface area (Å²) in [6, 6.07) is 11.7. The van der Waals surface area contributed by atoms with E-state index in [2.05, 4.69) is 52.5 Å². The third-order valence-electron chi connectivity index (χ3n) is 4.96. The summed E-state index contributed by atoms with van der Waals surface area (Å²) in [5.74, 6) is 0. The summed E-state index contributed by atoms with van der Waals surface area (Å²) in [5, 5.41) is 4.59. The Bertz CT molecular complexity index is 484. The SMILES string of the molecule is CN1CCN(C(=S)NC2CCCCC2)[C@H](c2ccccc2)C1. The zero-order valence-electron chi connectivity index (χ0n) is 13.5. The van der Waals surface area contributed by atoms with Gasteiger partial charge in [0.05, 0.1) is 6.04 Å². The number of nitrogens with zero attached hydrogens (tertiary/aromatic N) is 2. The first-order valence-corrected chi connectivity index (χ1v) is 8.95. The van der Waals surface area contributed by atoms with Crippen molar-refractivity contribution in [3.63, 3.8) is 0 Å². The highest BCUT2D eigenvalue weighted by Gasteiger charge is 2.29. The summed E-state index contributed by atoms with van der Waals surface area (Å²) in [6.07, 6.45) is 6.59. The Morgan fingerprint density at radius 3 is 2.55 bits per heavy atom. The van der Waals surface area contributed by atoms with Gasteiger partial charge in [-0.3, -0.25) is 0 Å². The van der Waals surface area contributed by atoms with Gasteiger partial charge in [0.25, 0.3) is 0 Å². The lowest BCUT2D eigenvalue weighted by molar-refractivity contribution is 0.149. The number of benzene rings is 1. The molecule has 2 fully saturated rings. The Labute approximate surface area is 139 Å². The third kappa shape index (κ3) is 3.79. The second-order valence-electron chi connectivity index (χ2n) is 6.67. The van der Waals surface area contributed by atoms with Crippen LogP contribution >= 0.6 is 12.2 Å². The van der Waals surface area contributed by atoms with Crippen molar-refractivity contribution < 1.29 is 0 Å². The Morgan fingerprint density at radius 2 is 1.82 bits per heavy atom. The molecule has 3 nitrogen and oxygen atoms in total. The zero-order chi connectivity index (χ0) is 15.4. The van der Waals surface area contributed by atoms with Crippen LogP contribution in [0.15, 0.2) is 30.3 Å². The van der Waals surface area contributed by atoms with Crippen LogP contribution in [0.25, 0.3) is 0 Å². The molecule has 0 aromatic heterocycles. The van der Waals surface area contributed by atoms with Crippen molar-refractivity contribution in [1.82, 2.24) is 15.1 Å². The highest BCUT2D eigenvalue weighted by Crippen LogP contribution is 2.26. The fraction of sp³-hybridized carbons (Fsp3) is 0.611. The largest absolute Gasteiger partial charge is 0.360 e. The van der Waals surface area contributed by atoms with E-state index in [4.69, 9.17) is 12.2 Å². The van der Waals surface area contributed by atoms with Crippen molar-refractivity contribution in [1.29, 1.82) is 0 Å². The maximum absolute atomic E-state index is 5.77. The lowest BCUT2D eigenvalue weighted by Gasteiger charge is -2.42. The van der Waals surface area contributed by atoms with Crippen molar-refractivity contribution >= 4 is 17.3 Å². The first-order valence-electron chi connectivity index (χ1n) is 8.54. The van der Waals surface area contributed by atoms with Crippen LogP contribution in [0.1, 0.15) is 43.7 Å². The summed E-state index contributed by atoms with van der Waals surface area (Å²) >= 11 is 5.77. The van der Waals surface area contributed by atoms with E-state index in [-0.39, 0.29) is 0 Å². The quantitative estimate of drug-likeness (QED) is 0.844. The summed E-state index contributed by atoms with van der Waals surface area (Å²) in [6.45, 7) is 3.13. The number of piperazine rings is 1. The number of rotatable bonds is 2. The smallest absolute Gasteiger partial charge is 0.169 e. The Balaban J connectivity index is 1.70. The van der Waals surface area contributed by atoms with Gasteiger partial charge in [-0.1, -0.05) is 49.6 Å². The van der Waals surface area contributed by atoms with E-state index in [1.165, 1.54) is 37.7 Å². The average molecular weight is 318 g/mol. The molecule has 1 saturated heterocycles. The van der Waals surface area contributed by atoms with Crippen LogP contribution in [0.3, 0.4) is 0 Å². The molecule has 0 bridgehead atoms. The van der Waals surface area contributed by atoms with Crippen LogP contribution in [0, 0.1) is 0 Å². The molecule has 0 amide bonds. The van der Waals surface area contributed by atoms with Crippen molar-refractivity contribution in [2.45, 2.75) is 44.2 Å². The minimum atomic E-state index is 0.364. The molecule has 1 aromatic rings. The topological polar surface area (TPSA) is 18.5 Å². The molecule has 1 aliphatic carbocycles. The fourth-order valence-corrected chi connectivity index (χ4v) is 4.01. The predicted octanol–water partition coefficient (Wildman–Crippen LogP) is 3.18. The molecule has 1 aromatic carbocycles. The van der Waals surface area contributed by atoms with Gasteiger partial charge in [0.15, 0.2) is 5.11 Å². The van der Waals surface area contributed by atoms with Gasteiger partial charge in [-0.05, 0) is 37.7 Å². The maximum Gasteiger partial charge on any atom is 0.169 e. The molecule has 120 valence electrons. The van der Waals surface area contributed by atoms with E-state index in [1.54, 1.807) is 0 Å². The van der Waals surface area contributed by atoms with Gasteiger partial charge in [0.2, 0.25) is 0 Å². The minimum absolute atomic E-state index is 0.364. The summed E-state index contributed by atoms with van der Waals surface area (Å²) in [7, 11) is 2.20. The molecule has 0 unspecified atom stereocenters. The minimum Gasteiger partial charge on any atom is -0.360 e. The molecule has 1 heterocycles. The zero-order valence-corrected chi connectivity index (χ0v) is 14.3. The van der Waals surface area contributed by atoms with Gasteiger partial charge < -0.3 is 15.1 Å². The molecule has 1 N–H and O–H groups in total. The average Bonchev–Trinajstić information content (AvgIpc) is 2.56.